The van der Waals surface area contributed by atoms with Crippen LogP contribution in [0.4, 0.5) is 4.39 Å². The highest BCUT2D eigenvalue weighted by Gasteiger charge is 2.35. The van der Waals surface area contributed by atoms with Gasteiger partial charge in [-0.2, -0.15) is 0 Å². The molecule has 0 spiro atoms. The third-order valence-corrected chi connectivity index (χ3v) is 4.11. The summed E-state index contributed by atoms with van der Waals surface area (Å²) in [5.74, 6) is -0.219. The molecule has 1 aromatic carbocycles. The predicted octanol–water partition coefficient (Wildman–Crippen LogP) is 3.07. The molecule has 0 aromatic heterocycles. The Balaban J connectivity index is 2.36. The van der Waals surface area contributed by atoms with Gasteiger partial charge in [0.25, 0.3) is 0 Å². The maximum Gasteiger partial charge on any atom is 0.124 e. The van der Waals surface area contributed by atoms with Crippen LogP contribution in [-0.4, -0.2) is 23.5 Å². The van der Waals surface area contributed by atoms with Crippen LogP contribution in [0.5, 0.6) is 0 Å². The van der Waals surface area contributed by atoms with Gasteiger partial charge in [0.1, 0.15) is 5.82 Å². The molecular weight excluding hydrogens is 283 g/mol. The molecule has 94 valence electrons. The van der Waals surface area contributed by atoms with Crippen molar-refractivity contribution in [2.24, 2.45) is 5.73 Å². The van der Waals surface area contributed by atoms with Crippen LogP contribution in [0.3, 0.4) is 0 Å². The molecule has 1 aliphatic rings. The van der Waals surface area contributed by atoms with Gasteiger partial charge in [-0.1, -0.05) is 22.0 Å². The molecule has 0 bridgehead atoms. The number of likely N-dealkylation sites (tertiary alicyclic amines) is 1. The van der Waals surface area contributed by atoms with Gasteiger partial charge < -0.3 is 5.73 Å². The lowest BCUT2D eigenvalue weighted by Crippen LogP contribution is -2.36. The maximum atomic E-state index is 13.1. The lowest BCUT2D eigenvalue weighted by atomic mass is 10.00. The summed E-state index contributed by atoms with van der Waals surface area (Å²) in [5.41, 5.74) is 7.28. The molecule has 4 heteroatoms. The Morgan fingerprint density at radius 2 is 2.18 bits per heavy atom. The largest absolute Gasteiger partial charge is 0.326 e. The molecule has 17 heavy (non-hydrogen) atoms. The van der Waals surface area contributed by atoms with Crippen molar-refractivity contribution in [3.8, 4) is 0 Å². The number of halogens is 2. The van der Waals surface area contributed by atoms with Gasteiger partial charge in [0.05, 0.1) is 6.04 Å². The predicted molar refractivity (Wildman–Crippen MR) is 71.3 cm³/mol. The highest BCUT2D eigenvalue weighted by atomic mass is 79.9. The van der Waals surface area contributed by atoms with Crippen LogP contribution in [0.25, 0.3) is 0 Å². The van der Waals surface area contributed by atoms with Crippen molar-refractivity contribution < 1.29 is 4.39 Å². The fourth-order valence-electron chi connectivity index (χ4n) is 2.57. The second-order valence-corrected chi connectivity index (χ2v) is 5.75. The minimum absolute atomic E-state index is 0.124. The molecule has 0 amide bonds. The van der Waals surface area contributed by atoms with E-state index in [4.69, 9.17) is 5.73 Å². The van der Waals surface area contributed by atoms with Crippen LogP contribution in [0.2, 0.25) is 0 Å². The molecule has 1 aromatic rings. The number of nitrogens with two attached hydrogens (primary N) is 1. The number of hydrogen-bond acceptors (Lipinski definition) is 2. The molecule has 1 aliphatic heterocycles. The van der Waals surface area contributed by atoms with Crippen molar-refractivity contribution in [3.05, 3.63) is 34.1 Å². The quantitative estimate of drug-likeness (QED) is 0.909. The van der Waals surface area contributed by atoms with Crippen molar-refractivity contribution in [1.29, 1.82) is 0 Å². The highest BCUT2D eigenvalue weighted by Crippen LogP contribution is 2.36. The smallest absolute Gasteiger partial charge is 0.124 e. The van der Waals surface area contributed by atoms with E-state index in [1.165, 1.54) is 12.1 Å². The van der Waals surface area contributed by atoms with Gasteiger partial charge in [0.15, 0.2) is 0 Å². The van der Waals surface area contributed by atoms with E-state index >= 15 is 0 Å². The fourth-order valence-corrected chi connectivity index (χ4v) is 3.16. The summed E-state index contributed by atoms with van der Waals surface area (Å²) in [5, 5.41) is 0. The fraction of sp³-hybridized carbons (Fsp3) is 0.538. The molecule has 2 unspecified atom stereocenters. The van der Waals surface area contributed by atoms with Crippen LogP contribution in [0, 0.1) is 5.82 Å². The highest BCUT2D eigenvalue weighted by molar-refractivity contribution is 9.10. The Kier molecular flexibility index (Phi) is 3.85. The SMILES string of the molecule is CC(C)N1CCC(N)C1c1ccc(F)cc1Br. The van der Waals surface area contributed by atoms with Gasteiger partial charge >= 0.3 is 0 Å². The average molecular weight is 301 g/mol. The van der Waals surface area contributed by atoms with E-state index in [1.54, 1.807) is 0 Å². The zero-order valence-electron chi connectivity index (χ0n) is 10.2. The van der Waals surface area contributed by atoms with Crippen LogP contribution >= 0.6 is 15.9 Å². The lowest BCUT2D eigenvalue weighted by Gasteiger charge is -2.31. The van der Waals surface area contributed by atoms with Crippen molar-refractivity contribution in [1.82, 2.24) is 4.90 Å². The van der Waals surface area contributed by atoms with Gasteiger partial charge in [-0.25, -0.2) is 4.39 Å². The first-order chi connectivity index (χ1) is 8.00. The molecule has 0 aliphatic carbocycles. The topological polar surface area (TPSA) is 29.3 Å². The van der Waals surface area contributed by atoms with E-state index < -0.39 is 0 Å². The molecule has 1 saturated heterocycles. The summed E-state index contributed by atoms with van der Waals surface area (Å²) >= 11 is 3.44. The molecular formula is C13H18BrFN2. The Bertz CT molecular complexity index is 408. The Hall–Kier alpha value is -0.450. The summed E-state index contributed by atoms with van der Waals surface area (Å²) in [6.45, 7) is 5.35. The molecule has 0 radical (unpaired) electrons. The Morgan fingerprint density at radius 1 is 1.47 bits per heavy atom. The Labute approximate surface area is 110 Å². The normalized spacial score (nSPS) is 25.8. The van der Waals surface area contributed by atoms with E-state index in [1.807, 2.05) is 6.07 Å². The molecule has 2 rings (SSSR count). The molecule has 0 saturated carbocycles. The van der Waals surface area contributed by atoms with E-state index in [2.05, 4.69) is 34.7 Å². The zero-order valence-corrected chi connectivity index (χ0v) is 11.7. The first kappa shape index (κ1) is 13.0. The number of hydrogen-bond donors (Lipinski definition) is 1. The summed E-state index contributed by atoms with van der Waals surface area (Å²) in [6, 6.07) is 5.61. The third kappa shape index (κ3) is 2.54. The number of rotatable bonds is 2. The number of nitrogens with zero attached hydrogens (tertiary/aromatic N) is 1. The van der Waals surface area contributed by atoms with Gasteiger partial charge in [0, 0.05) is 23.1 Å². The van der Waals surface area contributed by atoms with E-state index in [0.717, 1.165) is 23.0 Å². The van der Waals surface area contributed by atoms with Crippen LogP contribution in [0.15, 0.2) is 22.7 Å². The second kappa shape index (κ2) is 5.04. The van der Waals surface area contributed by atoms with Gasteiger partial charge in [-0.15, -0.1) is 0 Å². The van der Waals surface area contributed by atoms with Crippen LogP contribution in [-0.2, 0) is 0 Å². The van der Waals surface area contributed by atoms with Crippen molar-refractivity contribution >= 4 is 15.9 Å². The molecule has 2 nitrogen and oxygen atoms in total. The van der Waals surface area contributed by atoms with Crippen molar-refractivity contribution in [2.75, 3.05) is 6.54 Å². The van der Waals surface area contributed by atoms with Crippen molar-refractivity contribution in [3.63, 3.8) is 0 Å². The van der Waals surface area contributed by atoms with Crippen molar-refractivity contribution in [2.45, 2.75) is 38.4 Å². The van der Waals surface area contributed by atoms with Crippen LogP contribution in [0.1, 0.15) is 31.9 Å². The summed E-state index contributed by atoms with van der Waals surface area (Å²) in [7, 11) is 0. The van der Waals surface area contributed by atoms with Gasteiger partial charge in [-0.05, 0) is 38.0 Å². The zero-order chi connectivity index (χ0) is 12.6. The molecule has 1 fully saturated rings. The minimum atomic E-state index is -0.219. The minimum Gasteiger partial charge on any atom is -0.326 e. The second-order valence-electron chi connectivity index (χ2n) is 4.89. The lowest BCUT2D eigenvalue weighted by molar-refractivity contribution is 0.197. The summed E-state index contributed by atoms with van der Waals surface area (Å²) in [6.07, 6.45) is 0.993. The van der Waals surface area contributed by atoms with Gasteiger partial charge in [0.2, 0.25) is 0 Å². The molecule has 2 atom stereocenters. The van der Waals surface area contributed by atoms with E-state index in [0.29, 0.717) is 6.04 Å². The maximum absolute atomic E-state index is 13.1. The first-order valence-electron chi connectivity index (χ1n) is 5.97. The standard InChI is InChI=1S/C13H18BrFN2/c1-8(2)17-6-5-12(16)13(17)10-4-3-9(15)7-11(10)14/h3-4,7-8,12-13H,5-6,16H2,1-2H3. The number of benzene rings is 1. The summed E-state index contributed by atoms with van der Waals surface area (Å²) in [4.78, 5) is 2.38. The summed E-state index contributed by atoms with van der Waals surface area (Å²) < 4.78 is 13.9. The van der Waals surface area contributed by atoms with Crippen LogP contribution < -0.4 is 5.73 Å². The van der Waals surface area contributed by atoms with E-state index in [9.17, 15) is 4.39 Å². The third-order valence-electron chi connectivity index (χ3n) is 3.43. The Morgan fingerprint density at radius 3 is 2.76 bits per heavy atom. The first-order valence-corrected chi connectivity index (χ1v) is 6.76. The molecule has 2 N–H and O–H groups in total. The average Bonchev–Trinajstić information content (AvgIpc) is 2.60. The van der Waals surface area contributed by atoms with Gasteiger partial charge in [-0.3, -0.25) is 4.90 Å². The monoisotopic (exact) mass is 300 g/mol. The molecule has 1 heterocycles. The van der Waals surface area contributed by atoms with E-state index in [-0.39, 0.29) is 17.9 Å².